The van der Waals surface area contributed by atoms with Crippen LogP contribution in [0.3, 0.4) is 0 Å². The van der Waals surface area contributed by atoms with Gasteiger partial charge in [-0.15, -0.1) is 0 Å². The average Bonchev–Trinajstić information content (AvgIpc) is 3.19. The first-order chi connectivity index (χ1) is 9.69. The molecule has 0 bridgehead atoms. The molecule has 20 heavy (non-hydrogen) atoms. The van der Waals surface area contributed by atoms with Crippen LogP contribution in [0.2, 0.25) is 0 Å². The summed E-state index contributed by atoms with van der Waals surface area (Å²) in [5, 5.41) is 8.75. The fourth-order valence-electron chi connectivity index (χ4n) is 2.57. The Hall–Kier alpha value is -2.04. The number of fused-ring (bicyclic) bond motifs is 1. The summed E-state index contributed by atoms with van der Waals surface area (Å²) < 4.78 is 7.51. The molecule has 3 rings (SSSR count). The van der Waals surface area contributed by atoms with Gasteiger partial charge in [0, 0.05) is 24.9 Å². The van der Waals surface area contributed by atoms with Gasteiger partial charge in [-0.1, -0.05) is 0 Å². The molecule has 106 valence electrons. The van der Waals surface area contributed by atoms with E-state index in [9.17, 15) is 4.79 Å². The topological polar surface area (TPSA) is 64.3 Å². The highest BCUT2D eigenvalue weighted by molar-refractivity contribution is 5.78. The van der Waals surface area contributed by atoms with Crippen LogP contribution in [0.15, 0.2) is 18.2 Å². The Morgan fingerprint density at radius 3 is 2.95 bits per heavy atom. The van der Waals surface area contributed by atoms with E-state index in [0.29, 0.717) is 18.9 Å². The van der Waals surface area contributed by atoms with E-state index in [1.807, 2.05) is 18.2 Å². The zero-order valence-electron chi connectivity index (χ0n) is 11.5. The van der Waals surface area contributed by atoms with E-state index in [0.717, 1.165) is 22.6 Å². The van der Waals surface area contributed by atoms with Crippen LogP contribution in [0.1, 0.15) is 37.5 Å². The maximum absolute atomic E-state index is 10.6. The lowest BCUT2D eigenvalue weighted by atomic mass is 10.2. The Kier molecular flexibility index (Phi) is 3.34. The van der Waals surface area contributed by atoms with Crippen LogP contribution < -0.4 is 4.74 Å². The number of carbonyl (C=O) groups is 1. The van der Waals surface area contributed by atoms with Crippen LogP contribution in [0.4, 0.5) is 0 Å². The largest absolute Gasteiger partial charge is 0.497 e. The summed E-state index contributed by atoms with van der Waals surface area (Å²) in [5.74, 6) is 1.05. The fraction of sp³-hybridized carbons (Fsp3) is 0.467. The number of aryl methyl sites for hydroxylation is 1. The third-order valence-electron chi connectivity index (χ3n) is 3.67. The number of ether oxygens (including phenoxy) is 1. The van der Waals surface area contributed by atoms with E-state index < -0.39 is 5.97 Å². The van der Waals surface area contributed by atoms with Gasteiger partial charge in [-0.25, -0.2) is 4.98 Å². The zero-order valence-corrected chi connectivity index (χ0v) is 11.5. The molecule has 1 aromatic heterocycles. The number of nitrogens with zero attached hydrogens (tertiary/aromatic N) is 2. The van der Waals surface area contributed by atoms with Crippen LogP contribution in [0.5, 0.6) is 5.75 Å². The summed E-state index contributed by atoms with van der Waals surface area (Å²) >= 11 is 0. The van der Waals surface area contributed by atoms with Gasteiger partial charge in [0.05, 0.1) is 18.1 Å². The first-order valence-corrected chi connectivity index (χ1v) is 6.95. The third kappa shape index (κ3) is 2.48. The van der Waals surface area contributed by atoms with E-state index in [1.54, 1.807) is 7.11 Å². The first kappa shape index (κ1) is 13.0. The lowest BCUT2D eigenvalue weighted by molar-refractivity contribution is -0.137. The van der Waals surface area contributed by atoms with Gasteiger partial charge in [-0.2, -0.15) is 0 Å². The number of hydrogen-bond donors (Lipinski definition) is 1. The van der Waals surface area contributed by atoms with Crippen molar-refractivity contribution in [2.45, 2.75) is 38.1 Å². The van der Waals surface area contributed by atoms with E-state index >= 15 is 0 Å². The maximum atomic E-state index is 10.6. The highest BCUT2D eigenvalue weighted by Crippen LogP contribution is 2.39. The zero-order chi connectivity index (χ0) is 14.1. The van der Waals surface area contributed by atoms with E-state index in [-0.39, 0.29) is 6.42 Å². The van der Waals surface area contributed by atoms with E-state index in [2.05, 4.69) is 9.55 Å². The van der Waals surface area contributed by atoms with Gasteiger partial charge in [0.25, 0.3) is 0 Å². The molecule has 2 aromatic rings. The quantitative estimate of drug-likeness (QED) is 0.879. The van der Waals surface area contributed by atoms with Crippen molar-refractivity contribution in [1.82, 2.24) is 9.55 Å². The number of methoxy groups -OCH3 is 1. The van der Waals surface area contributed by atoms with Crippen LogP contribution in [0, 0.1) is 0 Å². The molecule has 5 heteroatoms. The number of carboxylic acids is 1. The Labute approximate surface area is 117 Å². The smallest absolute Gasteiger partial charge is 0.303 e. The van der Waals surface area contributed by atoms with Crippen LogP contribution in [-0.4, -0.2) is 27.7 Å². The number of hydrogen-bond acceptors (Lipinski definition) is 3. The van der Waals surface area contributed by atoms with Crippen molar-refractivity contribution < 1.29 is 14.6 Å². The predicted molar refractivity (Wildman–Crippen MR) is 75.1 cm³/mol. The molecule has 1 aliphatic carbocycles. The molecule has 0 spiro atoms. The summed E-state index contributed by atoms with van der Waals surface area (Å²) in [6, 6.07) is 6.46. The molecule has 5 nitrogen and oxygen atoms in total. The molecular formula is C15H18N2O3. The van der Waals surface area contributed by atoms with Crippen molar-refractivity contribution in [3.8, 4) is 5.75 Å². The Morgan fingerprint density at radius 2 is 2.30 bits per heavy atom. The maximum Gasteiger partial charge on any atom is 0.303 e. The van der Waals surface area contributed by atoms with Gasteiger partial charge in [-0.3, -0.25) is 4.79 Å². The third-order valence-corrected chi connectivity index (χ3v) is 3.67. The SMILES string of the molecule is COc1ccc2c(c1)nc(CCCC(=O)O)n2C1CC1. The molecule has 0 saturated heterocycles. The van der Waals surface area contributed by atoms with Crippen molar-refractivity contribution in [1.29, 1.82) is 0 Å². The molecule has 0 amide bonds. The number of imidazole rings is 1. The van der Waals surface area contributed by atoms with Crippen LogP contribution in [-0.2, 0) is 11.2 Å². The number of aromatic nitrogens is 2. The van der Waals surface area contributed by atoms with E-state index in [4.69, 9.17) is 9.84 Å². The van der Waals surface area contributed by atoms with Crippen LogP contribution >= 0.6 is 0 Å². The van der Waals surface area contributed by atoms with Crippen molar-refractivity contribution in [3.05, 3.63) is 24.0 Å². The number of rotatable bonds is 6. The molecule has 1 heterocycles. The number of benzene rings is 1. The second-order valence-electron chi connectivity index (χ2n) is 5.23. The summed E-state index contributed by atoms with van der Waals surface area (Å²) in [6.07, 6.45) is 3.90. The normalized spacial score (nSPS) is 14.7. The Balaban J connectivity index is 1.93. The molecule has 1 aliphatic rings. The highest BCUT2D eigenvalue weighted by atomic mass is 16.5. The molecule has 0 aliphatic heterocycles. The molecular weight excluding hydrogens is 256 g/mol. The minimum Gasteiger partial charge on any atom is -0.497 e. The van der Waals surface area contributed by atoms with Gasteiger partial charge in [0.2, 0.25) is 0 Å². The van der Waals surface area contributed by atoms with Gasteiger partial charge < -0.3 is 14.4 Å². The molecule has 1 aromatic carbocycles. The molecule has 0 radical (unpaired) electrons. The van der Waals surface area contributed by atoms with Crippen molar-refractivity contribution in [3.63, 3.8) is 0 Å². The standard InChI is InChI=1S/C15H18N2O3/c1-20-11-7-8-13-12(9-11)16-14(3-2-4-15(18)19)17(13)10-5-6-10/h7-10H,2-6H2,1H3,(H,18,19). The summed E-state index contributed by atoms with van der Waals surface area (Å²) in [6.45, 7) is 0. The molecule has 1 fully saturated rings. The van der Waals surface area contributed by atoms with Gasteiger partial charge >= 0.3 is 5.97 Å². The number of carboxylic acid groups (broad SMARTS) is 1. The predicted octanol–water partition coefficient (Wildman–Crippen LogP) is 2.79. The fourth-order valence-corrected chi connectivity index (χ4v) is 2.57. The lowest BCUT2D eigenvalue weighted by Gasteiger charge is -2.07. The average molecular weight is 274 g/mol. The van der Waals surface area contributed by atoms with Crippen molar-refractivity contribution in [2.75, 3.05) is 7.11 Å². The van der Waals surface area contributed by atoms with Crippen molar-refractivity contribution in [2.24, 2.45) is 0 Å². The molecule has 1 saturated carbocycles. The lowest BCUT2D eigenvalue weighted by Crippen LogP contribution is -2.03. The van der Waals surface area contributed by atoms with Gasteiger partial charge in [0.1, 0.15) is 11.6 Å². The molecule has 0 atom stereocenters. The second kappa shape index (κ2) is 5.15. The van der Waals surface area contributed by atoms with Gasteiger partial charge in [-0.05, 0) is 31.4 Å². The Morgan fingerprint density at radius 1 is 1.50 bits per heavy atom. The summed E-state index contributed by atoms with van der Waals surface area (Å²) in [5.41, 5.74) is 2.06. The second-order valence-corrected chi connectivity index (χ2v) is 5.23. The molecule has 1 N–H and O–H groups in total. The highest BCUT2D eigenvalue weighted by Gasteiger charge is 2.28. The number of aliphatic carboxylic acids is 1. The van der Waals surface area contributed by atoms with Gasteiger partial charge in [0.15, 0.2) is 0 Å². The minimum atomic E-state index is -0.749. The monoisotopic (exact) mass is 274 g/mol. The Bertz CT molecular complexity index is 644. The molecule has 0 unspecified atom stereocenters. The summed E-state index contributed by atoms with van der Waals surface area (Å²) in [7, 11) is 1.65. The first-order valence-electron chi connectivity index (χ1n) is 6.95. The van der Waals surface area contributed by atoms with Crippen LogP contribution in [0.25, 0.3) is 11.0 Å². The van der Waals surface area contributed by atoms with Crippen molar-refractivity contribution >= 4 is 17.0 Å². The van der Waals surface area contributed by atoms with E-state index in [1.165, 1.54) is 12.8 Å². The minimum absolute atomic E-state index is 0.192. The summed E-state index contributed by atoms with van der Waals surface area (Å²) in [4.78, 5) is 15.3.